The van der Waals surface area contributed by atoms with Crippen LogP contribution in [-0.2, 0) is 35.1 Å². The van der Waals surface area contributed by atoms with E-state index in [2.05, 4.69) is 26.2 Å². The molecule has 256 valence electrons. The third-order valence-electron chi connectivity index (χ3n) is 9.21. The molecule has 3 aliphatic rings. The van der Waals surface area contributed by atoms with Crippen LogP contribution in [0.5, 0.6) is 0 Å². The van der Waals surface area contributed by atoms with Crippen molar-refractivity contribution >= 4 is 35.0 Å². The van der Waals surface area contributed by atoms with E-state index in [1.54, 1.807) is 0 Å². The van der Waals surface area contributed by atoms with Gasteiger partial charge in [0.05, 0.1) is 18.2 Å². The Hall–Kier alpha value is -4.82. The number of carbonyl (C=O) groups excluding carboxylic acids is 3. The number of nitrogens with one attached hydrogen (secondary N) is 1. The molecule has 0 spiro atoms. The Kier molecular flexibility index (Phi) is 8.50. The van der Waals surface area contributed by atoms with Crippen molar-refractivity contribution in [3.63, 3.8) is 0 Å². The number of hydrogen-bond acceptors (Lipinski definition) is 14. The summed E-state index contributed by atoms with van der Waals surface area (Å²) >= 11 is 0. The quantitative estimate of drug-likeness (QED) is 0.138. The van der Waals surface area contributed by atoms with Gasteiger partial charge >= 0.3 is 29.9 Å². The van der Waals surface area contributed by atoms with E-state index in [1.807, 2.05) is 0 Å². The number of esters is 2. The number of hydrogen-bond donors (Lipinski definition) is 2. The lowest BCUT2D eigenvalue weighted by molar-refractivity contribution is -0.167. The van der Waals surface area contributed by atoms with Crippen molar-refractivity contribution < 1.29 is 51.7 Å². The number of aromatic nitrogens is 4. The number of aliphatic hydroxyl groups excluding tert-OH is 1. The highest BCUT2D eigenvalue weighted by Crippen LogP contribution is 2.55. The normalized spacial score (nSPS) is 26.4. The van der Waals surface area contributed by atoms with Gasteiger partial charge < -0.3 is 32.9 Å². The van der Waals surface area contributed by atoms with Crippen LogP contribution >= 0.6 is 0 Å². The maximum atomic E-state index is 14.7. The number of ether oxygens (including phenoxy) is 4. The average Bonchev–Trinajstić information content (AvgIpc) is 3.84. The third-order valence-corrected chi connectivity index (χ3v) is 9.21. The number of carbonyl (C=O) groups is 3. The minimum Gasteiger partial charge on any atom is -0.461 e. The number of fused-ring (bicyclic) bond motifs is 3. The van der Waals surface area contributed by atoms with Crippen molar-refractivity contribution in [3.05, 3.63) is 34.5 Å². The molecule has 3 aromatic heterocycles. The molecule has 16 nitrogen and oxygen atoms in total. The average molecular weight is 672 g/mol. The second-order valence-electron chi connectivity index (χ2n) is 13.1. The molecule has 0 unspecified atom stereocenters. The summed E-state index contributed by atoms with van der Waals surface area (Å²) in [5.41, 5.74) is -3.71. The first-order valence-electron chi connectivity index (χ1n) is 15.4. The molecule has 0 aromatic carbocycles. The second kappa shape index (κ2) is 12.3. The van der Waals surface area contributed by atoms with E-state index in [9.17, 15) is 28.7 Å². The van der Waals surface area contributed by atoms with Crippen molar-refractivity contribution in [2.75, 3.05) is 11.9 Å². The number of aryl methyl sites for hydroxylation is 1. The van der Waals surface area contributed by atoms with E-state index in [1.165, 1.54) is 31.7 Å². The summed E-state index contributed by atoms with van der Waals surface area (Å²) in [5, 5.41) is 13.3. The molecule has 2 saturated carbocycles. The molecule has 48 heavy (non-hydrogen) atoms. The largest absolute Gasteiger partial charge is 0.519 e. The Balaban J connectivity index is 1.10. The Morgan fingerprint density at radius 3 is 2.62 bits per heavy atom. The minimum atomic E-state index is -1.67. The Morgan fingerprint density at radius 2 is 1.98 bits per heavy atom. The molecule has 1 aliphatic heterocycles. The van der Waals surface area contributed by atoms with Gasteiger partial charge in [0.15, 0.2) is 40.7 Å². The van der Waals surface area contributed by atoms with Gasteiger partial charge in [-0.2, -0.15) is 14.4 Å². The van der Waals surface area contributed by atoms with Crippen LogP contribution in [0.3, 0.4) is 0 Å². The zero-order valence-corrected chi connectivity index (χ0v) is 26.4. The maximum Gasteiger partial charge on any atom is 0.519 e. The van der Waals surface area contributed by atoms with E-state index >= 15 is 0 Å². The topological polar surface area (TPSA) is 207 Å². The van der Waals surface area contributed by atoms with Crippen molar-refractivity contribution in [1.82, 2.24) is 19.5 Å². The van der Waals surface area contributed by atoms with Gasteiger partial charge in [0, 0.05) is 6.42 Å². The Morgan fingerprint density at radius 1 is 1.23 bits per heavy atom. The smallest absolute Gasteiger partial charge is 0.461 e. The van der Waals surface area contributed by atoms with Gasteiger partial charge in [-0.1, -0.05) is 5.92 Å². The van der Waals surface area contributed by atoms with Gasteiger partial charge in [-0.15, -0.1) is 6.42 Å². The van der Waals surface area contributed by atoms with Crippen molar-refractivity contribution in [1.29, 1.82) is 0 Å². The van der Waals surface area contributed by atoms with E-state index in [0.717, 1.165) is 32.1 Å². The predicted octanol–water partition coefficient (Wildman–Crippen LogP) is 3.06. The van der Waals surface area contributed by atoms with Crippen LogP contribution in [0.1, 0.15) is 76.5 Å². The minimum absolute atomic E-state index is 0.0377. The Labute approximate surface area is 272 Å². The SMILES string of the molecule is C#C[C@]1(COC(=O)C23CCC(CC2)C3)O[C@@H](n2cnc3c(NC(=O)OC(C)(C)CC(=O)OCc4oc(=O)oc4C)nc(F)nc32)C[C@@H]1O. The highest BCUT2D eigenvalue weighted by Gasteiger charge is 2.54. The van der Waals surface area contributed by atoms with Crippen molar-refractivity contribution in [2.24, 2.45) is 11.3 Å². The van der Waals surface area contributed by atoms with Crippen LogP contribution in [0.25, 0.3) is 11.2 Å². The van der Waals surface area contributed by atoms with Crippen LogP contribution in [0, 0.1) is 36.7 Å². The number of imidazole rings is 1. The first kappa shape index (κ1) is 33.1. The van der Waals surface area contributed by atoms with Crippen molar-refractivity contribution in [3.8, 4) is 12.3 Å². The third kappa shape index (κ3) is 6.37. The molecular formula is C31H34FN5O11. The van der Waals surface area contributed by atoms with E-state index in [-0.39, 0.29) is 54.1 Å². The van der Waals surface area contributed by atoms with Crippen LogP contribution < -0.4 is 11.1 Å². The molecule has 3 atom stereocenters. The first-order chi connectivity index (χ1) is 22.7. The summed E-state index contributed by atoms with van der Waals surface area (Å²) in [7, 11) is 0. The van der Waals surface area contributed by atoms with Gasteiger partial charge in [0.25, 0.3) is 0 Å². The predicted molar refractivity (Wildman–Crippen MR) is 158 cm³/mol. The number of halogens is 1. The van der Waals surface area contributed by atoms with Crippen LogP contribution in [0.4, 0.5) is 15.0 Å². The molecule has 2 aliphatic carbocycles. The molecule has 1 saturated heterocycles. The number of anilines is 1. The summed E-state index contributed by atoms with van der Waals surface area (Å²) in [6, 6.07) is 0. The summed E-state index contributed by atoms with van der Waals surface area (Å²) in [6.45, 7) is 3.62. The fourth-order valence-corrected chi connectivity index (χ4v) is 6.68. The summed E-state index contributed by atoms with van der Waals surface area (Å²) in [6.07, 6.45) is 6.34. The van der Waals surface area contributed by atoms with Crippen LogP contribution in [-0.4, -0.2) is 66.6 Å². The summed E-state index contributed by atoms with van der Waals surface area (Å²) < 4.78 is 47.6. The number of aliphatic hydroxyl groups is 1. The highest BCUT2D eigenvalue weighted by atomic mass is 19.1. The van der Waals surface area contributed by atoms with Gasteiger partial charge in [0.2, 0.25) is 0 Å². The van der Waals surface area contributed by atoms with Crippen LogP contribution in [0.2, 0.25) is 0 Å². The summed E-state index contributed by atoms with van der Waals surface area (Å²) in [5.74, 6) is 0.772. The number of nitrogens with zero attached hydrogens (tertiary/aromatic N) is 4. The zero-order valence-electron chi connectivity index (χ0n) is 26.4. The molecule has 3 aromatic rings. The van der Waals surface area contributed by atoms with Crippen molar-refractivity contribution in [2.45, 2.75) is 95.9 Å². The van der Waals surface area contributed by atoms with Gasteiger partial charge in [-0.3, -0.25) is 19.5 Å². The van der Waals surface area contributed by atoms with Gasteiger partial charge in [0.1, 0.15) is 24.5 Å². The molecule has 6 rings (SSSR count). The standard InChI is InChI=1S/C31H34FN5O11/c1-5-31(14-44-25(40)30-8-6-17(11-30)7-9-30)19(38)10-20(47-31)37-15-33-22-23(34-26(32)36-24(22)37)35-27(41)48-29(3,4)12-21(39)43-13-18-16(2)45-28(42)46-18/h1,15,17,19-20,38H,6-14H2,2-4H3,(H,34,35,36,41)/t17?,19-,20+,30?,31+/m0/s1. The molecule has 4 heterocycles. The first-order valence-corrected chi connectivity index (χ1v) is 15.4. The molecular weight excluding hydrogens is 637 g/mol. The lowest BCUT2D eigenvalue weighted by Gasteiger charge is -2.29. The number of rotatable bonds is 10. The number of terminal acetylenes is 1. The monoisotopic (exact) mass is 671 g/mol. The fourth-order valence-electron chi connectivity index (χ4n) is 6.68. The fraction of sp³-hybridized carbons (Fsp3) is 0.581. The Bertz CT molecular complexity index is 1850. The molecule has 2 bridgehead atoms. The van der Waals surface area contributed by atoms with Crippen LogP contribution in [0.15, 0.2) is 20.0 Å². The van der Waals surface area contributed by atoms with E-state index in [4.69, 9.17) is 34.2 Å². The lowest BCUT2D eigenvalue weighted by Crippen LogP contribution is -2.44. The van der Waals surface area contributed by atoms with E-state index in [0.29, 0.717) is 5.92 Å². The maximum absolute atomic E-state index is 14.7. The van der Waals surface area contributed by atoms with Gasteiger partial charge in [-0.05, 0) is 58.8 Å². The van der Waals surface area contributed by atoms with Gasteiger partial charge in [-0.25, -0.2) is 14.6 Å². The zero-order chi connectivity index (χ0) is 34.4. The lowest BCUT2D eigenvalue weighted by atomic mass is 9.84. The second-order valence-corrected chi connectivity index (χ2v) is 13.1. The molecule has 3 fully saturated rings. The summed E-state index contributed by atoms with van der Waals surface area (Å²) in [4.78, 5) is 61.0. The molecule has 2 N–H and O–H groups in total. The highest BCUT2D eigenvalue weighted by molar-refractivity contribution is 5.93. The molecule has 0 radical (unpaired) electrons. The molecule has 1 amide bonds. The van der Waals surface area contributed by atoms with E-state index < -0.39 is 59.3 Å². The molecule has 17 heteroatoms. The number of amides is 1.